The topological polar surface area (TPSA) is 143 Å². The van der Waals surface area contributed by atoms with Gasteiger partial charge in [0.2, 0.25) is 5.91 Å². The molecule has 0 saturated carbocycles. The van der Waals surface area contributed by atoms with Gasteiger partial charge >= 0.3 is 6.09 Å². The van der Waals surface area contributed by atoms with Crippen LogP contribution in [0.2, 0.25) is 0 Å². The van der Waals surface area contributed by atoms with Crippen LogP contribution in [0.5, 0.6) is 0 Å². The smallest absolute Gasteiger partial charge is 0.426 e. The molecule has 0 aliphatic carbocycles. The second-order valence-corrected chi connectivity index (χ2v) is 9.49. The number of likely N-dealkylation sites (N-methyl/N-ethyl adjacent to an activating group) is 1. The fourth-order valence-electron chi connectivity index (χ4n) is 2.63. The maximum Gasteiger partial charge on any atom is 0.426 e. The zero-order chi connectivity index (χ0) is 25.4. The largest absolute Gasteiger partial charge is 0.443 e. The first-order chi connectivity index (χ1) is 14.5. The highest BCUT2D eigenvalue weighted by Gasteiger charge is 2.37. The summed E-state index contributed by atoms with van der Waals surface area (Å²) in [6.45, 7) is 13.8. The molecular weight excluding hydrogens is 418 g/mol. The molecule has 0 bridgehead atoms. The monoisotopic (exact) mass is 459 g/mol. The number of carbonyl (C=O) groups is 4. The lowest BCUT2D eigenvalue weighted by Gasteiger charge is -2.35. The van der Waals surface area contributed by atoms with Crippen LogP contribution in [-0.2, 0) is 24.0 Å². The van der Waals surface area contributed by atoms with Gasteiger partial charge in [-0.25, -0.2) is 20.3 Å². The van der Waals surface area contributed by atoms with E-state index in [2.05, 4.69) is 10.7 Å². The molecule has 11 nitrogen and oxygen atoms in total. The van der Waals surface area contributed by atoms with Crippen molar-refractivity contribution in [3.8, 4) is 0 Å². The van der Waals surface area contributed by atoms with Crippen molar-refractivity contribution in [2.24, 2.45) is 17.6 Å². The second-order valence-electron chi connectivity index (χ2n) is 9.49. The molecule has 4 N–H and O–H groups in total. The molecule has 0 aromatic rings. The molecular formula is C21H41N5O6. The van der Waals surface area contributed by atoms with Crippen molar-refractivity contribution >= 4 is 23.8 Å². The predicted molar refractivity (Wildman–Crippen MR) is 120 cm³/mol. The number of carbonyl (C=O) groups excluding carboxylic acids is 4. The number of ether oxygens (including phenoxy) is 1. The summed E-state index contributed by atoms with van der Waals surface area (Å²) >= 11 is 0. The maximum atomic E-state index is 13.3. The molecule has 0 aromatic carbocycles. The number of amides is 4. The summed E-state index contributed by atoms with van der Waals surface area (Å²) in [7, 11) is 2.71. The number of hydrogen-bond donors (Lipinski definition) is 3. The number of hydrogen-bond acceptors (Lipinski definition) is 7. The van der Waals surface area contributed by atoms with Gasteiger partial charge in [-0.3, -0.25) is 19.2 Å². The lowest BCUT2D eigenvalue weighted by atomic mass is 10.0. The highest BCUT2D eigenvalue weighted by Crippen LogP contribution is 2.16. The Kier molecular flexibility index (Phi) is 11.6. The van der Waals surface area contributed by atoms with Crippen LogP contribution >= 0.6 is 0 Å². The highest BCUT2D eigenvalue weighted by atomic mass is 16.7. The van der Waals surface area contributed by atoms with Crippen LogP contribution in [0.15, 0.2) is 0 Å². The molecule has 186 valence electrons. The minimum Gasteiger partial charge on any atom is -0.443 e. The van der Waals surface area contributed by atoms with E-state index in [4.69, 9.17) is 15.3 Å². The Bertz CT molecular complexity index is 662. The van der Waals surface area contributed by atoms with Crippen molar-refractivity contribution < 1.29 is 28.8 Å². The van der Waals surface area contributed by atoms with Gasteiger partial charge < -0.3 is 15.8 Å². The van der Waals surface area contributed by atoms with Crippen LogP contribution in [0.1, 0.15) is 61.8 Å². The fraction of sp³-hybridized carbons (Fsp3) is 0.810. The van der Waals surface area contributed by atoms with E-state index in [0.717, 1.165) is 10.1 Å². The first kappa shape index (κ1) is 29.6. The fourth-order valence-corrected chi connectivity index (χ4v) is 2.63. The van der Waals surface area contributed by atoms with Crippen molar-refractivity contribution in [3.05, 3.63) is 0 Å². The molecule has 0 spiro atoms. The summed E-state index contributed by atoms with van der Waals surface area (Å²) in [5.41, 5.74) is 7.41. The number of nitrogens with zero attached hydrogens (tertiary/aromatic N) is 2. The summed E-state index contributed by atoms with van der Waals surface area (Å²) in [5, 5.41) is 4.42. The van der Waals surface area contributed by atoms with E-state index in [9.17, 15) is 19.2 Å². The first-order valence-corrected chi connectivity index (χ1v) is 10.7. The third kappa shape index (κ3) is 9.82. The summed E-state index contributed by atoms with van der Waals surface area (Å²) in [6, 6.07) is -2.99. The van der Waals surface area contributed by atoms with E-state index in [1.165, 1.54) is 21.1 Å². The van der Waals surface area contributed by atoms with Gasteiger partial charge in [-0.05, 0) is 46.0 Å². The second kappa shape index (κ2) is 12.6. The quantitative estimate of drug-likeness (QED) is 0.439. The van der Waals surface area contributed by atoms with E-state index in [1.807, 2.05) is 13.8 Å². The lowest BCUT2D eigenvalue weighted by Crippen LogP contribution is -2.62. The Labute approximate surface area is 191 Å². The van der Waals surface area contributed by atoms with E-state index in [1.54, 1.807) is 34.6 Å². The number of hydroxylamine groups is 2. The van der Waals surface area contributed by atoms with E-state index < -0.39 is 47.5 Å². The molecule has 0 fully saturated rings. The number of hydrazine groups is 1. The van der Waals surface area contributed by atoms with E-state index in [0.29, 0.717) is 0 Å². The van der Waals surface area contributed by atoms with Crippen molar-refractivity contribution in [1.82, 2.24) is 20.8 Å². The van der Waals surface area contributed by atoms with Gasteiger partial charge in [-0.2, -0.15) is 0 Å². The number of nitrogens with one attached hydrogen (secondary N) is 2. The Morgan fingerprint density at radius 2 is 1.53 bits per heavy atom. The van der Waals surface area contributed by atoms with Crippen LogP contribution in [0.3, 0.4) is 0 Å². The van der Waals surface area contributed by atoms with Gasteiger partial charge in [0.05, 0.1) is 13.2 Å². The van der Waals surface area contributed by atoms with Gasteiger partial charge in [0.15, 0.2) is 0 Å². The third-order valence-electron chi connectivity index (χ3n) is 4.47. The average molecular weight is 460 g/mol. The molecule has 3 atom stereocenters. The van der Waals surface area contributed by atoms with Gasteiger partial charge in [-0.15, -0.1) is 0 Å². The minimum atomic E-state index is -1.10. The molecule has 0 rings (SSSR count). The molecule has 11 heteroatoms. The molecule has 0 aliphatic rings. The average Bonchev–Trinajstić information content (AvgIpc) is 2.66. The van der Waals surface area contributed by atoms with E-state index in [-0.39, 0.29) is 18.3 Å². The normalized spacial score (nSPS) is 14.4. The molecule has 0 heterocycles. The van der Waals surface area contributed by atoms with Crippen molar-refractivity contribution in [2.45, 2.75) is 85.5 Å². The number of nitrogens with two attached hydrogens (primary N) is 1. The minimum absolute atomic E-state index is 0.01000. The molecule has 4 amide bonds. The van der Waals surface area contributed by atoms with Gasteiger partial charge in [0.1, 0.15) is 17.7 Å². The molecule has 0 radical (unpaired) electrons. The zero-order valence-electron chi connectivity index (χ0n) is 21.0. The standard InChI is InChI=1S/C21H41N5O6/c1-12(2)11-15(19(29)25(9)31-10)26(24-20(30)32-21(6,7)8)18(28)14(5)23-17(27)16(22)13(3)4/h12-16H,11,22H2,1-10H3,(H,23,27)(H,24,30)/t14-,15-,16-/m0/s1. The van der Waals surface area contributed by atoms with Gasteiger partial charge in [-0.1, -0.05) is 27.7 Å². The Balaban J connectivity index is 6.00. The third-order valence-corrected chi connectivity index (χ3v) is 4.47. The summed E-state index contributed by atoms with van der Waals surface area (Å²) in [5.74, 6) is -1.92. The predicted octanol–water partition coefficient (Wildman–Crippen LogP) is 1.18. The zero-order valence-corrected chi connectivity index (χ0v) is 21.0. The molecule has 0 aromatic heterocycles. The molecule has 0 unspecified atom stereocenters. The lowest BCUT2D eigenvalue weighted by molar-refractivity contribution is -0.178. The SMILES string of the molecule is CON(C)C(=O)[C@H](CC(C)C)N(NC(=O)OC(C)(C)C)C(=O)[C@H](C)NC(=O)[C@@H](N)C(C)C. The van der Waals surface area contributed by atoms with Crippen LogP contribution in [0, 0.1) is 11.8 Å². The van der Waals surface area contributed by atoms with E-state index >= 15 is 0 Å². The van der Waals surface area contributed by atoms with Crippen LogP contribution in [-0.4, -0.2) is 71.8 Å². The van der Waals surface area contributed by atoms with Gasteiger partial charge in [0, 0.05) is 7.05 Å². The Morgan fingerprint density at radius 3 is 1.94 bits per heavy atom. The first-order valence-electron chi connectivity index (χ1n) is 10.7. The maximum absolute atomic E-state index is 13.3. The summed E-state index contributed by atoms with van der Waals surface area (Å²) < 4.78 is 5.26. The Morgan fingerprint density at radius 1 is 1.00 bits per heavy atom. The molecule has 0 aliphatic heterocycles. The Hall–Kier alpha value is -2.40. The van der Waals surface area contributed by atoms with Crippen LogP contribution in [0.4, 0.5) is 4.79 Å². The summed E-state index contributed by atoms with van der Waals surface area (Å²) in [4.78, 5) is 56.1. The highest BCUT2D eigenvalue weighted by molar-refractivity contribution is 5.93. The molecule has 0 saturated heterocycles. The van der Waals surface area contributed by atoms with Crippen LogP contribution in [0.25, 0.3) is 0 Å². The van der Waals surface area contributed by atoms with Crippen molar-refractivity contribution in [3.63, 3.8) is 0 Å². The number of rotatable bonds is 9. The van der Waals surface area contributed by atoms with Crippen molar-refractivity contribution in [2.75, 3.05) is 14.2 Å². The molecule has 32 heavy (non-hydrogen) atoms. The van der Waals surface area contributed by atoms with Crippen LogP contribution < -0.4 is 16.5 Å². The van der Waals surface area contributed by atoms with Gasteiger partial charge in [0.25, 0.3) is 11.8 Å². The summed E-state index contributed by atoms with van der Waals surface area (Å²) in [6.07, 6.45) is -0.690. The van der Waals surface area contributed by atoms with Crippen molar-refractivity contribution in [1.29, 1.82) is 0 Å².